The van der Waals surface area contributed by atoms with Gasteiger partial charge in [0.25, 0.3) is 5.91 Å². The van der Waals surface area contributed by atoms with E-state index in [2.05, 4.69) is 22.4 Å². The first-order valence-electron chi connectivity index (χ1n) is 9.33. The standard InChI is InChI=1S/C24H18N2O3S/c27-22(28)15-16-9-11-20(12-10-16)25-24-26-23(29)21(30-24)14-17-5-4-8-19(13-17)18-6-2-1-3-7-18/h1-14H,15H2,(H,27,28)(H,25,26,29). The lowest BCUT2D eigenvalue weighted by Crippen LogP contribution is -2.19. The average molecular weight is 414 g/mol. The molecule has 2 N–H and O–H groups in total. The van der Waals surface area contributed by atoms with Crippen molar-refractivity contribution in [3.63, 3.8) is 0 Å². The van der Waals surface area contributed by atoms with E-state index in [1.807, 2.05) is 48.5 Å². The van der Waals surface area contributed by atoms with Crippen LogP contribution in [0.5, 0.6) is 0 Å². The average Bonchev–Trinajstić information content (AvgIpc) is 3.08. The van der Waals surface area contributed by atoms with E-state index in [1.54, 1.807) is 24.3 Å². The summed E-state index contributed by atoms with van der Waals surface area (Å²) in [6, 6.07) is 25.0. The van der Waals surface area contributed by atoms with Crippen LogP contribution in [0.4, 0.5) is 5.69 Å². The zero-order valence-corrected chi connectivity index (χ0v) is 16.7. The fraction of sp³-hybridized carbons (Fsp3) is 0.0417. The number of nitrogens with zero attached hydrogens (tertiary/aromatic N) is 1. The van der Waals surface area contributed by atoms with Gasteiger partial charge in [0.05, 0.1) is 17.0 Å². The zero-order chi connectivity index (χ0) is 20.9. The van der Waals surface area contributed by atoms with E-state index in [0.717, 1.165) is 16.7 Å². The van der Waals surface area contributed by atoms with Gasteiger partial charge in [0, 0.05) is 0 Å². The number of benzene rings is 3. The van der Waals surface area contributed by atoms with Gasteiger partial charge in [-0.05, 0) is 58.3 Å². The van der Waals surface area contributed by atoms with Crippen molar-refractivity contribution >= 4 is 40.6 Å². The Kier molecular flexibility index (Phi) is 5.77. The van der Waals surface area contributed by atoms with E-state index >= 15 is 0 Å². The number of hydrogen-bond donors (Lipinski definition) is 2. The number of carbonyl (C=O) groups excluding carboxylic acids is 1. The SMILES string of the molecule is O=C(O)Cc1ccc(N=C2NC(=O)C(=Cc3cccc(-c4ccccc4)c3)S2)cc1. The monoisotopic (exact) mass is 414 g/mol. The number of amidine groups is 1. The van der Waals surface area contributed by atoms with Crippen molar-refractivity contribution in [2.75, 3.05) is 0 Å². The summed E-state index contributed by atoms with van der Waals surface area (Å²) in [5, 5.41) is 12.1. The van der Waals surface area contributed by atoms with Crippen LogP contribution in [-0.4, -0.2) is 22.2 Å². The van der Waals surface area contributed by atoms with Gasteiger partial charge in [-0.3, -0.25) is 9.59 Å². The van der Waals surface area contributed by atoms with E-state index < -0.39 is 5.97 Å². The number of carboxylic acid groups (broad SMARTS) is 1. The largest absolute Gasteiger partial charge is 0.481 e. The number of thioether (sulfide) groups is 1. The molecule has 3 aromatic rings. The summed E-state index contributed by atoms with van der Waals surface area (Å²) in [7, 11) is 0. The minimum Gasteiger partial charge on any atom is -0.481 e. The summed E-state index contributed by atoms with van der Waals surface area (Å²) in [6.45, 7) is 0. The molecule has 3 aromatic carbocycles. The highest BCUT2D eigenvalue weighted by molar-refractivity contribution is 8.18. The molecule has 0 spiro atoms. The van der Waals surface area contributed by atoms with Crippen LogP contribution in [-0.2, 0) is 16.0 Å². The van der Waals surface area contributed by atoms with Crippen molar-refractivity contribution < 1.29 is 14.7 Å². The lowest BCUT2D eigenvalue weighted by Gasteiger charge is -2.03. The maximum absolute atomic E-state index is 12.4. The molecule has 0 atom stereocenters. The third-order valence-corrected chi connectivity index (χ3v) is 5.37. The molecule has 4 rings (SSSR count). The van der Waals surface area contributed by atoms with Crippen LogP contribution in [0.2, 0.25) is 0 Å². The van der Waals surface area contributed by atoms with Gasteiger partial charge in [-0.2, -0.15) is 0 Å². The summed E-state index contributed by atoms with van der Waals surface area (Å²) in [5.41, 5.74) is 4.50. The predicted molar refractivity (Wildman–Crippen MR) is 120 cm³/mol. The Balaban J connectivity index is 1.52. The van der Waals surface area contributed by atoms with Crippen molar-refractivity contribution in [3.8, 4) is 11.1 Å². The first kappa shape index (κ1) is 19.7. The molecule has 30 heavy (non-hydrogen) atoms. The van der Waals surface area contributed by atoms with Crippen molar-refractivity contribution in [2.45, 2.75) is 6.42 Å². The number of nitrogens with one attached hydrogen (secondary N) is 1. The highest BCUT2D eigenvalue weighted by Gasteiger charge is 2.23. The second-order valence-corrected chi connectivity index (χ2v) is 7.74. The van der Waals surface area contributed by atoms with Gasteiger partial charge >= 0.3 is 5.97 Å². The Bertz CT molecular complexity index is 1150. The molecular formula is C24H18N2O3S. The van der Waals surface area contributed by atoms with E-state index in [4.69, 9.17) is 5.11 Å². The summed E-state index contributed by atoms with van der Waals surface area (Å²) in [5.74, 6) is -1.06. The third-order valence-electron chi connectivity index (χ3n) is 4.46. The van der Waals surface area contributed by atoms with E-state index in [-0.39, 0.29) is 12.3 Å². The minimum absolute atomic E-state index is 0.0305. The predicted octanol–water partition coefficient (Wildman–Crippen LogP) is 4.87. The molecule has 0 unspecified atom stereocenters. The third kappa shape index (κ3) is 4.85. The van der Waals surface area contributed by atoms with Crippen molar-refractivity contribution in [1.29, 1.82) is 0 Å². The van der Waals surface area contributed by atoms with Crippen LogP contribution in [0, 0.1) is 0 Å². The normalized spacial score (nSPS) is 16.1. The molecule has 1 heterocycles. The van der Waals surface area contributed by atoms with E-state index in [9.17, 15) is 9.59 Å². The van der Waals surface area contributed by atoms with E-state index in [1.165, 1.54) is 11.8 Å². The molecule has 1 aliphatic heterocycles. The molecule has 0 radical (unpaired) electrons. The van der Waals surface area contributed by atoms with Crippen molar-refractivity contribution in [2.24, 2.45) is 4.99 Å². The highest BCUT2D eigenvalue weighted by Crippen LogP contribution is 2.29. The molecule has 1 aliphatic rings. The first-order valence-corrected chi connectivity index (χ1v) is 10.1. The summed E-state index contributed by atoms with van der Waals surface area (Å²) >= 11 is 1.28. The van der Waals surface area contributed by atoms with Crippen LogP contribution < -0.4 is 5.32 Å². The smallest absolute Gasteiger partial charge is 0.307 e. The molecule has 0 aromatic heterocycles. The second-order valence-electron chi connectivity index (χ2n) is 6.71. The van der Waals surface area contributed by atoms with Crippen LogP contribution in [0.3, 0.4) is 0 Å². The lowest BCUT2D eigenvalue weighted by molar-refractivity contribution is -0.136. The molecule has 5 nitrogen and oxygen atoms in total. The van der Waals surface area contributed by atoms with Gasteiger partial charge in [-0.25, -0.2) is 4.99 Å². The summed E-state index contributed by atoms with van der Waals surface area (Å²) in [6.07, 6.45) is 1.82. The molecule has 6 heteroatoms. The Hall–Kier alpha value is -3.64. The maximum Gasteiger partial charge on any atom is 0.307 e. The molecule has 0 saturated carbocycles. The van der Waals surface area contributed by atoms with Gasteiger partial charge in [0.2, 0.25) is 0 Å². The summed E-state index contributed by atoms with van der Waals surface area (Å²) in [4.78, 5) is 28.2. The quantitative estimate of drug-likeness (QED) is 0.584. The Morgan fingerprint density at radius 1 is 0.967 bits per heavy atom. The first-order chi connectivity index (χ1) is 14.6. The number of rotatable bonds is 5. The fourth-order valence-electron chi connectivity index (χ4n) is 3.05. The number of hydrogen-bond acceptors (Lipinski definition) is 4. The number of carboxylic acids is 1. The van der Waals surface area contributed by atoms with Crippen LogP contribution in [0.1, 0.15) is 11.1 Å². The zero-order valence-electron chi connectivity index (χ0n) is 15.9. The molecule has 0 aliphatic carbocycles. The van der Waals surface area contributed by atoms with Gasteiger partial charge < -0.3 is 10.4 Å². The molecule has 1 amide bonds. The number of aliphatic carboxylic acids is 1. The van der Waals surface area contributed by atoms with Crippen LogP contribution >= 0.6 is 11.8 Å². The summed E-state index contributed by atoms with van der Waals surface area (Å²) < 4.78 is 0. The lowest BCUT2D eigenvalue weighted by atomic mass is 10.0. The Morgan fingerprint density at radius 2 is 1.70 bits per heavy atom. The Morgan fingerprint density at radius 3 is 2.43 bits per heavy atom. The topological polar surface area (TPSA) is 78.8 Å². The molecule has 1 fully saturated rings. The second kappa shape index (κ2) is 8.80. The molecule has 0 bridgehead atoms. The van der Waals surface area contributed by atoms with Crippen LogP contribution in [0.15, 0.2) is 88.8 Å². The number of aliphatic imine (C=N–C) groups is 1. The van der Waals surface area contributed by atoms with Gasteiger partial charge in [0.15, 0.2) is 5.17 Å². The highest BCUT2D eigenvalue weighted by atomic mass is 32.2. The van der Waals surface area contributed by atoms with Gasteiger partial charge in [-0.1, -0.05) is 60.7 Å². The number of amides is 1. The fourth-order valence-corrected chi connectivity index (χ4v) is 3.89. The Labute approximate surface area is 178 Å². The van der Waals surface area contributed by atoms with E-state index in [0.29, 0.717) is 21.3 Å². The van der Waals surface area contributed by atoms with Gasteiger partial charge in [-0.15, -0.1) is 0 Å². The van der Waals surface area contributed by atoms with Crippen molar-refractivity contribution in [3.05, 3.63) is 94.9 Å². The molecule has 1 saturated heterocycles. The maximum atomic E-state index is 12.4. The molecular weight excluding hydrogens is 396 g/mol. The van der Waals surface area contributed by atoms with Crippen molar-refractivity contribution in [1.82, 2.24) is 5.32 Å². The molecule has 148 valence electrons. The number of carbonyl (C=O) groups is 2. The van der Waals surface area contributed by atoms with Gasteiger partial charge in [0.1, 0.15) is 0 Å². The minimum atomic E-state index is -0.876. The van der Waals surface area contributed by atoms with Crippen LogP contribution in [0.25, 0.3) is 17.2 Å².